The lowest BCUT2D eigenvalue weighted by molar-refractivity contribution is -0.137. The highest BCUT2D eigenvalue weighted by atomic mass is 19.4. The quantitative estimate of drug-likeness (QED) is 0.863. The van der Waals surface area contributed by atoms with Gasteiger partial charge in [0, 0.05) is 26.1 Å². The predicted octanol–water partition coefficient (Wildman–Crippen LogP) is 3.05. The smallest absolute Gasteiger partial charge is 0.393 e. The van der Waals surface area contributed by atoms with E-state index in [2.05, 4.69) is 5.32 Å². The van der Waals surface area contributed by atoms with Gasteiger partial charge in [-0.3, -0.25) is 0 Å². The van der Waals surface area contributed by atoms with Crippen LogP contribution in [0.3, 0.4) is 0 Å². The van der Waals surface area contributed by atoms with E-state index in [1.54, 1.807) is 11.9 Å². The Balaban J connectivity index is 1.73. The first-order valence-electron chi connectivity index (χ1n) is 8.10. The van der Waals surface area contributed by atoms with Crippen molar-refractivity contribution in [2.24, 2.45) is 5.92 Å². The molecule has 2 N–H and O–H groups in total. The number of alkyl halides is 3. The van der Waals surface area contributed by atoms with Gasteiger partial charge in [0.2, 0.25) is 0 Å². The Morgan fingerprint density at radius 3 is 2.50 bits per heavy atom. The molecule has 1 aromatic carbocycles. The van der Waals surface area contributed by atoms with Gasteiger partial charge < -0.3 is 15.3 Å². The second-order valence-corrected chi connectivity index (χ2v) is 6.32. The van der Waals surface area contributed by atoms with E-state index < -0.39 is 11.7 Å². The zero-order chi connectivity index (χ0) is 17.7. The number of aliphatic hydroxyl groups excluding tert-OH is 1. The predicted molar refractivity (Wildman–Crippen MR) is 84.5 cm³/mol. The van der Waals surface area contributed by atoms with Gasteiger partial charge in [0.1, 0.15) is 0 Å². The summed E-state index contributed by atoms with van der Waals surface area (Å²) in [5.74, 6) is 0.121. The minimum atomic E-state index is -4.33. The van der Waals surface area contributed by atoms with Crippen LogP contribution in [0.4, 0.5) is 18.0 Å². The second-order valence-electron chi connectivity index (χ2n) is 6.32. The topological polar surface area (TPSA) is 52.6 Å². The SMILES string of the molecule is CN(CC1CCCC1O)C(=O)NCCc1ccc(C(F)(F)F)cc1. The Hall–Kier alpha value is -1.76. The third-order valence-corrected chi connectivity index (χ3v) is 4.45. The molecule has 2 amide bonds. The van der Waals surface area contributed by atoms with Crippen molar-refractivity contribution < 1.29 is 23.1 Å². The minimum Gasteiger partial charge on any atom is -0.393 e. The van der Waals surface area contributed by atoms with Crippen LogP contribution in [0.5, 0.6) is 0 Å². The lowest BCUT2D eigenvalue weighted by Gasteiger charge is -2.23. The highest BCUT2D eigenvalue weighted by Crippen LogP contribution is 2.29. The molecule has 4 nitrogen and oxygen atoms in total. The van der Waals surface area contributed by atoms with Crippen LogP contribution < -0.4 is 5.32 Å². The van der Waals surface area contributed by atoms with Gasteiger partial charge in [0.15, 0.2) is 0 Å². The van der Waals surface area contributed by atoms with Gasteiger partial charge in [-0.15, -0.1) is 0 Å². The molecule has 7 heteroatoms. The number of amides is 2. The molecule has 2 atom stereocenters. The summed E-state index contributed by atoms with van der Waals surface area (Å²) in [6.07, 6.45) is -1.52. The van der Waals surface area contributed by atoms with Crippen molar-refractivity contribution in [3.8, 4) is 0 Å². The first kappa shape index (κ1) is 18.6. The average Bonchev–Trinajstić information content (AvgIpc) is 2.92. The van der Waals surface area contributed by atoms with Crippen molar-refractivity contribution >= 4 is 6.03 Å². The molecule has 1 aliphatic carbocycles. The largest absolute Gasteiger partial charge is 0.416 e. The van der Waals surface area contributed by atoms with Crippen LogP contribution in [0, 0.1) is 5.92 Å². The van der Waals surface area contributed by atoms with E-state index in [1.807, 2.05) is 0 Å². The zero-order valence-electron chi connectivity index (χ0n) is 13.6. The number of benzene rings is 1. The molecule has 0 aliphatic heterocycles. The highest BCUT2D eigenvalue weighted by molar-refractivity contribution is 5.73. The maximum Gasteiger partial charge on any atom is 0.416 e. The van der Waals surface area contributed by atoms with E-state index in [-0.39, 0.29) is 18.1 Å². The number of aliphatic hydroxyl groups is 1. The highest BCUT2D eigenvalue weighted by Gasteiger charge is 2.30. The Kier molecular flexibility index (Phi) is 6.10. The van der Waals surface area contributed by atoms with Crippen LogP contribution in [0.2, 0.25) is 0 Å². The van der Waals surface area contributed by atoms with Gasteiger partial charge in [-0.05, 0) is 37.0 Å². The zero-order valence-corrected chi connectivity index (χ0v) is 13.6. The van der Waals surface area contributed by atoms with Crippen molar-refractivity contribution in [1.29, 1.82) is 0 Å². The number of carbonyl (C=O) groups excluding carboxylic acids is 1. The molecule has 0 bridgehead atoms. The number of urea groups is 1. The number of hydrogen-bond acceptors (Lipinski definition) is 2. The van der Waals surface area contributed by atoms with Gasteiger partial charge >= 0.3 is 12.2 Å². The molecule has 0 heterocycles. The molecule has 0 aromatic heterocycles. The summed E-state index contributed by atoms with van der Waals surface area (Å²) in [6.45, 7) is 0.856. The molecule has 1 aromatic rings. The molecule has 0 spiro atoms. The third-order valence-electron chi connectivity index (χ3n) is 4.45. The van der Waals surface area contributed by atoms with E-state index in [1.165, 1.54) is 12.1 Å². The normalized spacial score (nSPS) is 20.9. The summed E-state index contributed by atoms with van der Waals surface area (Å²) >= 11 is 0. The summed E-state index contributed by atoms with van der Waals surface area (Å²) in [5.41, 5.74) is 0.0577. The van der Waals surface area contributed by atoms with Gasteiger partial charge in [0.25, 0.3) is 0 Å². The van der Waals surface area contributed by atoms with Gasteiger partial charge in [-0.2, -0.15) is 13.2 Å². The maximum atomic E-state index is 12.5. The number of nitrogens with one attached hydrogen (secondary N) is 1. The van der Waals surface area contributed by atoms with Crippen molar-refractivity contribution in [1.82, 2.24) is 10.2 Å². The fourth-order valence-electron chi connectivity index (χ4n) is 2.97. The first-order valence-corrected chi connectivity index (χ1v) is 8.10. The Morgan fingerprint density at radius 1 is 1.29 bits per heavy atom. The summed E-state index contributed by atoms with van der Waals surface area (Å²) in [6, 6.07) is 4.71. The van der Waals surface area contributed by atoms with E-state index in [0.717, 1.165) is 37.0 Å². The molecular formula is C17H23F3N2O2. The molecule has 1 fully saturated rings. The molecule has 134 valence electrons. The standard InChI is InChI=1S/C17H23F3N2O2/c1-22(11-13-3-2-4-15(13)23)16(24)21-10-9-12-5-7-14(8-6-12)17(18,19)20/h5-8,13,15,23H,2-4,9-11H2,1H3,(H,21,24). The summed E-state index contributed by atoms with van der Waals surface area (Å²) in [5, 5.41) is 12.5. The molecule has 2 rings (SSSR count). The van der Waals surface area contributed by atoms with E-state index in [4.69, 9.17) is 0 Å². The van der Waals surface area contributed by atoms with Crippen molar-refractivity contribution in [2.45, 2.75) is 38.0 Å². The number of rotatable bonds is 5. The second kappa shape index (κ2) is 7.88. The van der Waals surface area contributed by atoms with Crippen molar-refractivity contribution in [2.75, 3.05) is 20.1 Å². The van der Waals surface area contributed by atoms with Crippen LogP contribution in [0.15, 0.2) is 24.3 Å². The van der Waals surface area contributed by atoms with Crippen LogP contribution in [0.1, 0.15) is 30.4 Å². The van der Waals surface area contributed by atoms with Crippen molar-refractivity contribution in [3.05, 3.63) is 35.4 Å². The molecule has 0 saturated heterocycles. The van der Waals surface area contributed by atoms with E-state index in [9.17, 15) is 23.1 Å². The fourth-order valence-corrected chi connectivity index (χ4v) is 2.97. The Bertz CT molecular complexity index is 546. The monoisotopic (exact) mass is 344 g/mol. The molecular weight excluding hydrogens is 321 g/mol. The van der Waals surface area contributed by atoms with Crippen molar-refractivity contribution in [3.63, 3.8) is 0 Å². The number of carbonyl (C=O) groups is 1. The van der Waals surface area contributed by atoms with Gasteiger partial charge in [0.05, 0.1) is 11.7 Å². The molecule has 1 aliphatic rings. The molecule has 1 saturated carbocycles. The molecule has 0 radical (unpaired) electrons. The van der Waals surface area contributed by atoms with Gasteiger partial charge in [-0.25, -0.2) is 4.79 Å². The Labute approximate surface area is 139 Å². The summed E-state index contributed by atoms with van der Waals surface area (Å²) in [7, 11) is 1.68. The third kappa shape index (κ3) is 5.12. The van der Waals surface area contributed by atoms with Crippen LogP contribution in [-0.4, -0.2) is 42.3 Å². The lowest BCUT2D eigenvalue weighted by Crippen LogP contribution is -2.41. The molecule has 24 heavy (non-hydrogen) atoms. The fraction of sp³-hybridized carbons (Fsp3) is 0.588. The number of halogens is 3. The average molecular weight is 344 g/mol. The van der Waals surface area contributed by atoms with Crippen LogP contribution >= 0.6 is 0 Å². The minimum absolute atomic E-state index is 0.121. The number of nitrogens with zero attached hydrogens (tertiary/aromatic N) is 1. The number of hydrogen-bond donors (Lipinski definition) is 2. The van der Waals surface area contributed by atoms with Gasteiger partial charge in [-0.1, -0.05) is 18.6 Å². The van der Waals surface area contributed by atoms with Crippen LogP contribution in [0.25, 0.3) is 0 Å². The maximum absolute atomic E-state index is 12.5. The summed E-state index contributed by atoms with van der Waals surface area (Å²) < 4.78 is 37.4. The van der Waals surface area contributed by atoms with E-state index >= 15 is 0 Å². The van der Waals surface area contributed by atoms with E-state index in [0.29, 0.717) is 19.5 Å². The Morgan fingerprint density at radius 2 is 1.96 bits per heavy atom. The van der Waals surface area contributed by atoms with Crippen LogP contribution in [-0.2, 0) is 12.6 Å². The molecule has 2 unspecified atom stereocenters. The first-order chi connectivity index (χ1) is 11.3. The summed E-state index contributed by atoms with van der Waals surface area (Å²) in [4.78, 5) is 13.5. The lowest BCUT2D eigenvalue weighted by atomic mass is 10.1.